The van der Waals surface area contributed by atoms with Gasteiger partial charge in [-0.25, -0.2) is 4.68 Å². The first-order valence-corrected chi connectivity index (χ1v) is 9.92. The summed E-state index contributed by atoms with van der Waals surface area (Å²) in [4.78, 5) is 18.3. The molecule has 0 bridgehead atoms. The SMILES string of the molecule is COc1ccc(-n2cc(-c3ccc4[nH]c(N5CCOCC5)cc(=O)c4c3)nn2)cc1O. The minimum absolute atomic E-state index is 0.0189. The van der Waals surface area contributed by atoms with Gasteiger partial charge in [0.05, 0.1) is 37.7 Å². The van der Waals surface area contributed by atoms with Crippen LogP contribution >= 0.6 is 0 Å². The number of phenolic OH excluding ortho intramolecular Hbond substituents is 1. The topological polar surface area (TPSA) is 106 Å². The van der Waals surface area contributed by atoms with E-state index in [0.29, 0.717) is 35.7 Å². The summed E-state index contributed by atoms with van der Waals surface area (Å²) in [5.74, 6) is 1.21. The molecule has 0 spiro atoms. The van der Waals surface area contributed by atoms with Gasteiger partial charge in [0, 0.05) is 36.2 Å². The zero-order valence-electron chi connectivity index (χ0n) is 16.9. The zero-order valence-corrected chi connectivity index (χ0v) is 16.9. The number of H-pyrrole nitrogens is 1. The normalized spacial score (nSPS) is 14.2. The third kappa shape index (κ3) is 3.59. The first-order chi connectivity index (χ1) is 15.1. The lowest BCUT2D eigenvalue weighted by Crippen LogP contribution is -2.37. The highest BCUT2D eigenvalue weighted by Crippen LogP contribution is 2.28. The predicted octanol–water partition coefficient (Wildman–Crippen LogP) is 2.33. The number of phenols is 1. The van der Waals surface area contributed by atoms with Crippen molar-refractivity contribution in [3.05, 3.63) is 58.9 Å². The van der Waals surface area contributed by atoms with Crippen LogP contribution in [0.5, 0.6) is 11.5 Å². The molecular formula is C22H21N5O4. The van der Waals surface area contributed by atoms with E-state index in [0.717, 1.165) is 30.0 Å². The molecule has 1 fully saturated rings. The molecule has 0 amide bonds. The molecule has 0 saturated carbocycles. The van der Waals surface area contributed by atoms with Crippen molar-refractivity contribution in [1.29, 1.82) is 0 Å². The van der Waals surface area contributed by atoms with Gasteiger partial charge in [0.1, 0.15) is 11.5 Å². The number of methoxy groups -OCH3 is 1. The second kappa shape index (κ2) is 7.77. The van der Waals surface area contributed by atoms with Gasteiger partial charge in [0.15, 0.2) is 16.9 Å². The van der Waals surface area contributed by atoms with Crippen molar-refractivity contribution in [2.45, 2.75) is 0 Å². The number of aromatic amines is 1. The molecule has 9 heteroatoms. The summed E-state index contributed by atoms with van der Waals surface area (Å²) >= 11 is 0. The number of aromatic hydroxyl groups is 1. The maximum Gasteiger partial charge on any atom is 0.191 e. The van der Waals surface area contributed by atoms with E-state index in [2.05, 4.69) is 20.2 Å². The average Bonchev–Trinajstić information content (AvgIpc) is 3.30. The first kappa shape index (κ1) is 19.1. The molecule has 9 nitrogen and oxygen atoms in total. The molecule has 1 saturated heterocycles. The van der Waals surface area contributed by atoms with Crippen molar-refractivity contribution < 1.29 is 14.6 Å². The van der Waals surface area contributed by atoms with Crippen LogP contribution in [0.1, 0.15) is 0 Å². The first-order valence-electron chi connectivity index (χ1n) is 9.92. The summed E-state index contributed by atoms with van der Waals surface area (Å²) < 4.78 is 12.0. The number of nitrogens with one attached hydrogen (secondary N) is 1. The molecule has 1 aliphatic heterocycles. The van der Waals surface area contributed by atoms with Crippen LogP contribution in [0, 0.1) is 0 Å². The molecule has 2 aromatic carbocycles. The van der Waals surface area contributed by atoms with Crippen molar-refractivity contribution in [2.75, 3.05) is 38.3 Å². The van der Waals surface area contributed by atoms with Gasteiger partial charge in [-0.05, 0) is 24.3 Å². The van der Waals surface area contributed by atoms with Crippen molar-refractivity contribution in [3.63, 3.8) is 0 Å². The van der Waals surface area contributed by atoms with Crippen molar-refractivity contribution in [3.8, 4) is 28.4 Å². The van der Waals surface area contributed by atoms with Crippen LogP contribution in [0.3, 0.4) is 0 Å². The Morgan fingerprint density at radius 3 is 2.74 bits per heavy atom. The van der Waals surface area contributed by atoms with E-state index in [1.807, 2.05) is 18.2 Å². The third-order valence-corrected chi connectivity index (χ3v) is 5.38. The van der Waals surface area contributed by atoms with Gasteiger partial charge in [-0.3, -0.25) is 4.79 Å². The van der Waals surface area contributed by atoms with Crippen LogP contribution in [0.15, 0.2) is 53.5 Å². The molecule has 3 heterocycles. The number of nitrogens with zero attached hydrogens (tertiary/aromatic N) is 4. The number of rotatable bonds is 4. The average molecular weight is 419 g/mol. The van der Waals surface area contributed by atoms with Crippen molar-refractivity contribution in [2.24, 2.45) is 0 Å². The Balaban J connectivity index is 1.47. The maximum atomic E-state index is 12.8. The number of hydrogen-bond donors (Lipinski definition) is 2. The lowest BCUT2D eigenvalue weighted by atomic mass is 10.1. The Labute approximate surface area is 177 Å². The van der Waals surface area contributed by atoms with Crippen LogP contribution < -0.4 is 15.1 Å². The molecule has 1 aliphatic rings. The van der Waals surface area contributed by atoms with E-state index in [1.54, 1.807) is 35.1 Å². The van der Waals surface area contributed by atoms with Gasteiger partial charge in [-0.1, -0.05) is 11.3 Å². The monoisotopic (exact) mass is 419 g/mol. The van der Waals surface area contributed by atoms with E-state index in [-0.39, 0.29) is 11.2 Å². The number of ether oxygens (including phenoxy) is 2. The molecular weight excluding hydrogens is 398 g/mol. The maximum absolute atomic E-state index is 12.8. The molecule has 0 radical (unpaired) electrons. The lowest BCUT2D eigenvalue weighted by molar-refractivity contribution is 0.122. The van der Waals surface area contributed by atoms with E-state index < -0.39 is 0 Å². The highest BCUT2D eigenvalue weighted by Gasteiger charge is 2.15. The summed E-state index contributed by atoms with van der Waals surface area (Å²) in [6, 6.07) is 12.2. The summed E-state index contributed by atoms with van der Waals surface area (Å²) in [6.45, 7) is 2.81. The third-order valence-electron chi connectivity index (χ3n) is 5.38. The van der Waals surface area contributed by atoms with Crippen LogP contribution in [0.25, 0.3) is 27.8 Å². The molecule has 158 valence electrons. The lowest BCUT2D eigenvalue weighted by Gasteiger charge is -2.28. The Morgan fingerprint density at radius 2 is 1.97 bits per heavy atom. The molecule has 2 N–H and O–H groups in total. The smallest absolute Gasteiger partial charge is 0.191 e. The fraction of sp³-hybridized carbons (Fsp3) is 0.227. The number of aromatic nitrogens is 4. The van der Waals surface area contributed by atoms with Gasteiger partial charge in [-0.2, -0.15) is 0 Å². The van der Waals surface area contributed by atoms with Gasteiger partial charge >= 0.3 is 0 Å². The van der Waals surface area contributed by atoms with Gasteiger partial charge in [0.25, 0.3) is 0 Å². The van der Waals surface area contributed by atoms with E-state index >= 15 is 0 Å². The van der Waals surface area contributed by atoms with Gasteiger partial charge in [-0.15, -0.1) is 5.10 Å². The summed E-state index contributed by atoms with van der Waals surface area (Å²) in [5, 5.41) is 19.0. The number of hydrogen-bond acceptors (Lipinski definition) is 7. The number of fused-ring (bicyclic) bond motifs is 1. The second-order valence-electron chi connectivity index (χ2n) is 7.28. The van der Waals surface area contributed by atoms with Crippen molar-refractivity contribution >= 4 is 16.7 Å². The van der Waals surface area contributed by atoms with E-state index in [9.17, 15) is 9.90 Å². The van der Waals surface area contributed by atoms with Crippen LogP contribution in [0.4, 0.5) is 5.82 Å². The molecule has 5 rings (SSSR count). The molecule has 4 aromatic rings. The Kier molecular flexibility index (Phi) is 4.79. The summed E-state index contributed by atoms with van der Waals surface area (Å²) in [7, 11) is 1.49. The quantitative estimate of drug-likeness (QED) is 0.523. The van der Waals surface area contributed by atoms with E-state index in [1.165, 1.54) is 7.11 Å². The predicted molar refractivity (Wildman–Crippen MR) is 116 cm³/mol. The fourth-order valence-corrected chi connectivity index (χ4v) is 3.71. The molecule has 0 unspecified atom stereocenters. The summed E-state index contributed by atoms with van der Waals surface area (Å²) in [5.41, 5.74) is 2.76. The molecule has 0 atom stereocenters. The molecule has 31 heavy (non-hydrogen) atoms. The van der Waals surface area contributed by atoms with Crippen LogP contribution in [-0.2, 0) is 4.74 Å². The minimum Gasteiger partial charge on any atom is -0.504 e. The Hall–Kier alpha value is -3.85. The van der Waals surface area contributed by atoms with Gasteiger partial charge in [0.2, 0.25) is 0 Å². The number of benzene rings is 2. The molecule has 2 aromatic heterocycles. The van der Waals surface area contributed by atoms with Gasteiger partial charge < -0.3 is 24.5 Å². The van der Waals surface area contributed by atoms with Crippen LogP contribution in [0.2, 0.25) is 0 Å². The van der Waals surface area contributed by atoms with Crippen molar-refractivity contribution in [1.82, 2.24) is 20.0 Å². The highest BCUT2D eigenvalue weighted by molar-refractivity contribution is 5.85. The second-order valence-corrected chi connectivity index (χ2v) is 7.28. The highest BCUT2D eigenvalue weighted by atomic mass is 16.5. The fourth-order valence-electron chi connectivity index (χ4n) is 3.71. The Bertz CT molecular complexity index is 1310. The number of anilines is 1. The van der Waals surface area contributed by atoms with E-state index in [4.69, 9.17) is 9.47 Å². The largest absolute Gasteiger partial charge is 0.504 e. The number of pyridine rings is 1. The molecule has 0 aliphatic carbocycles. The minimum atomic E-state index is -0.0513. The zero-order chi connectivity index (χ0) is 21.4. The Morgan fingerprint density at radius 1 is 1.13 bits per heavy atom. The summed E-state index contributed by atoms with van der Waals surface area (Å²) in [6.07, 6.45) is 1.75. The number of morpholine rings is 1. The standard InChI is InChI=1S/C22H21N5O4/c1-30-21-5-3-15(11-20(21)29)27-13-18(24-25-27)14-2-4-17-16(10-14)19(28)12-22(23-17)26-6-8-31-9-7-26/h2-5,10-13,29H,6-9H2,1H3,(H,23,28). The van der Waals surface area contributed by atoms with Crippen LogP contribution in [-0.4, -0.2) is 58.5 Å².